The summed E-state index contributed by atoms with van der Waals surface area (Å²) in [5.74, 6) is 0.673. The number of anilines is 1. The number of rotatable bonds is 4. The van der Waals surface area contributed by atoms with Crippen LogP contribution in [0.4, 0.5) is 6.01 Å². The zero-order valence-corrected chi connectivity index (χ0v) is 12.6. The van der Waals surface area contributed by atoms with E-state index in [9.17, 15) is 0 Å². The van der Waals surface area contributed by atoms with Crippen LogP contribution in [0.5, 0.6) is 0 Å². The summed E-state index contributed by atoms with van der Waals surface area (Å²) in [4.78, 5) is 2.22. The molecule has 0 aliphatic carbocycles. The summed E-state index contributed by atoms with van der Waals surface area (Å²) in [6.07, 6.45) is 3.63. The molecule has 5 heteroatoms. The van der Waals surface area contributed by atoms with E-state index in [1.165, 1.54) is 19.3 Å². The molecule has 0 radical (unpaired) electrons. The maximum atomic E-state index is 5.74. The van der Waals surface area contributed by atoms with Crippen molar-refractivity contribution in [1.29, 1.82) is 0 Å². The van der Waals surface area contributed by atoms with Gasteiger partial charge in [0.15, 0.2) is 0 Å². The molecule has 19 heavy (non-hydrogen) atoms. The Morgan fingerprint density at radius 1 is 1.26 bits per heavy atom. The molecule has 1 saturated heterocycles. The molecule has 108 valence electrons. The summed E-state index contributed by atoms with van der Waals surface area (Å²) < 4.78 is 5.74. The number of hydrogen-bond donors (Lipinski definition) is 1. The minimum Gasteiger partial charge on any atom is -0.407 e. The van der Waals surface area contributed by atoms with Gasteiger partial charge in [0.2, 0.25) is 5.89 Å². The van der Waals surface area contributed by atoms with Gasteiger partial charge in [0.05, 0.1) is 6.54 Å². The molecule has 1 aromatic heterocycles. The molecule has 2 heterocycles. The third kappa shape index (κ3) is 4.20. The van der Waals surface area contributed by atoms with E-state index in [2.05, 4.69) is 48.1 Å². The predicted molar refractivity (Wildman–Crippen MR) is 76.1 cm³/mol. The molecule has 5 nitrogen and oxygen atoms in total. The van der Waals surface area contributed by atoms with Gasteiger partial charge in [-0.3, -0.25) is 0 Å². The molecule has 1 aromatic rings. The average molecular weight is 266 g/mol. The molecule has 1 aliphatic rings. The Bertz CT molecular complexity index is 400. The van der Waals surface area contributed by atoms with Crippen LogP contribution in [0.3, 0.4) is 0 Å². The van der Waals surface area contributed by atoms with Gasteiger partial charge in [-0.1, -0.05) is 32.8 Å². The van der Waals surface area contributed by atoms with Gasteiger partial charge in [0.1, 0.15) is 0 Å². The monoisotopic (exact) mass is 266 g/mol. The first-order chi connectivity index (χ1) is 8.96. The molecule has 0 spiro atoms. The van der Waals surface area contributed by atoms with E-state index in [0.717, 1.165) is 13.1 Å². The third-order valence-electron chi connectivity index (χ3n) is 3.73. The zero-order valence-electron chi connectivity index (χ0n) is 12.6. The van der Waals surface area contributed by atoms with Crippen LogP contribution in [0.15, 0.2) is 4.42 Å². The van der Waals surface area contributed by atoms with Crippen LogP contribution in [0.25, 0.3) is 0 Å². The van der Waals surface area contributed by atoms with E-state index in [1.807, 2.05) is 0 Å². The van der Waals surface area contributed by atoms with Gasteiger partial charge in [0.25, 0.3) is 0 Å². The lowest BCUT2D eigenvalue weighted by Gasteiger charge is -2.22. The second-order valence-electron chi connectivity index (χ2n) is 6.52. The van der Waals surface area contributed by atoms with Gasteiger partial charge in [0, 0.05) is 19.1 Å². The summed E-state index contributed by atoms with van der Waals surface area (Å²) in [6, 6.07) is 1.10. The van der Waals surface area contributed by atoms with E-state index in [1.54, 1.807) is 0 Å². The van der Waals surface area contributed by atoms with Crippen LogP contribution in [0.2, 0.25) is 0 Å². The summed E-state index contributed by atoms with van der Waals surface area (Å²) in [5, 5.41) is 11.6. The van der Waals surface area contributed by atoms with Gasteiger partial charge in [-0.2, -0.15) is 0 Å². The maximum Gasteiger partial charge on any atom is 0.318 e. The van der Waals surface area contributed by atoms with Gasteiger partial charge < -0.3 is 14.6 Å². The highest BCUT2D eigenvalue weighted by atomic mass is 16.4. The minimum absolute atomic E-state index is 0.425. The van der Waals surface area contributed by atoms with Crippen molar-refractivity contribution in [3.05, 3.63) is 5.89 Å². The fraction of sp³-hybridized carbons (Fsp3) is 0.857. The zero-order chi connectivity index (χ0) is 13.9. The van der Waals surface area contributed by atoms with E-state index < -0.39 is 0 Å². The lowest BCUT2D eigenvalue weighted by atomic mass is 9.85. The van der Waals surface area contributed by atoms with Crippen LogP contribution < -0.4 is 10.2 Å². The van der Waals surface area contributed by atoms with Gasteiger partial charge in [-0.05, 0) is 24.7 Å². The van der Waals surface area contributed by atoms with Crippen molar-refractivity contribution >= 4 is 6.01 Å². The Balaban J connectivity index is 1.94. The smallest absolute Gasteiger partial charge is 0.318 e. The molecule has 0 aromatic carbocycles. The van der Waals surface area contributed by atoms with Crippen molar-refractivity contribution in [2.75, 3.05) is 18.0 Å². The SMILES string of the molecule is CC(C)NCc1nnc(N2CCCC(C)(C)CC2)o1. The maximum absolute atomic E-state index is 5.74. The fourth-order valence-electron chi connectivity index (χ4n) is 2.35. The van der Waals surface area contributed by atoms with Crippen LogP contribution >= 0.6 is 0 Å². The molecule has 2 rings (SSSR count). The Kier molecular flexibility index (Phi) is 4.45. The predicted octanol–water partition coefficient (Wildman–Crippen LogP) is 2.58. The Labute approximate surface area is 115 Å². The number of nitrogens with one attached hydrogen (secondary N) is 1. The molecule has 1 aliphatic heterocycles. The number of hydrogen-bond acceptors (Lipinski definition) is 5. The molecule has 0 amide bonds. The van der Waals surface area contributed by atoms with Crippen molar-refractivity contribution < 1.29 is 4.42 Å². The Hall–Kier alpha value is -1.10. The second-order valence-corrected chi connectivity index (χ2v) is 6.52. The number of aromatic nitrogens is 2. The van der Waals surface area contributed by atoms with Gasteiger partial charge >= 0.3 is 6.01 Å². The third-order valence-corrected chi connectivity index (χ3v) is 3.73. The van der Waals surface area contributed by atoms with Gasteiger partial charge in [-0.25, -0.2) is 0 Å². The highest BCUT2D eigenvalue weighted by molar-refractivity contribution is 5.24. The average Bonchev–Trinajstić information content (AvgIpc) is 2.72. The standard InChI is InChI=1S/C14H26N4O/c1-11(2)15-10-12-16-17-13(19-12)18-8-5-6-14(3,4)7-9-18/h11,15H,5-10H2,1-4H3. The molecule has 0 unspecified atom stereocenters. The minimum atomic E-state index is 0.425. The van der Waals surface area contributed by atoms with Gasteiger partial charge in [-0.15, -0.1) is 5.10 Å². The van der Waals surface area contributed by atoms with Crippen molar-refractivity contribution in [1.82, 2.24) is 15.5 Å². The molecule has 1 fully saturated rings. The topological polar surface area (TPSA) is 54.2 Å². The molecular weight excluding hydrogens is 240 g/mol. The Morgan fingerprint density at radius 3 is 2.79 bits per heavy atom. The largest absolute Gasteiger partial charge is 0.407 e. The quantitative estimate of drug-likeness (QED) is 0.907. The van der Waals surface area contributed by atoms with Crippen molar-refractivity contribution in [2.45, 2.75) is 59.5 Å². The Morgan fingerprint density at radius 2 is 2.05 bits per heavy atom. The first-order valence-corrected chi connectivity index (χ1v) is 7.27. The molecule has 0 saturated carbocycles. The fourth-order valence-corrected chi connectivity index (χ4v) is 2.35. The second kappa shape index (κ2) is 5.90. The first-order valence-electron chi connectivity index (χ1n) is 7.27. The lowest BCUT2D eigenvalue weighted by Crippen LogP contribution is -2.25. The highest BCUT2D eigenvalue weighted by Crippen LogP contribution is 2.31. The summed E-state index contributed by atoms with van der Waals surface area (Å²) in [7, 11) is 0. The van der Waals surface area contributed by atoms with Crippen molar-refractivity contribution in [2.24, 2.45) is 5.41 Å². The summed E-state index contributed by atoms with van der Waals surface area (Å²) in [5.41, 5.74) is 0.427. The van der Waals surface area contributed by atoms with Crippen LogP contribution in [0, 0.1) is 5.41 Å². The van der Waals surface area contributed by atoms with E-state index >= 15 is 0 Å². The first kappa shape index (κ1) is 14.3. The summed E-state index contributed by atoms with van der Waals surface area (Å²) >= 11 is 0. The number of nitrogens with zero attached hydrogens (tertiary/aromatic N) is 3. The van der Waals surface area contributed by atoms with Crippen LogP contribution in [-0.4, -0.2) is 29.3 Å². The lowest BCUT2D eigenvalue weighted by molar-refractivity contribution is 0.324. The van der Waals surface area contributed by atoms with E-state index in [0.29, 0.717) is 29.9 Å². The highest BCUT2D eigenvalue weighted by Gasteiger charge is 2.25. The van der Waals surface area contributed by atoms with E-state index in [-0.39, 0.29) is 0 Å². The van der Waals surface area contributed by atoms with Crippen molar-refractivity contribution in [3.63, 3.8) is 0 Å². The van der Waals surface area contributed by atoms with E-state index in [4.69, 9.17) is 4.42 Å². The summed E-state index contributed by atoms with van der Waals surface area (Å²) in [6.45, 7) is 11.5. The van der Waals surface area contributed by atoms with Crippen LogP contribution in [0.1, 0.15) is 52.8 Å². The normalized spacial score (nSPS) is 19.7. The molecule has 0 bridgehead atoms. The molecule has 1 N–H and O–H groups in total. The van der Waals surface area contributed by atoms with Crippen LogP contribution in [-0.2, 0) is 6.54 Å². The molecular formula is C14H26N4O. The van der Waals surface area contributed by atoms with Crippen molar-refractivity contribution in [3.8, 4) is 0 Å². The molecule has 0 atom stereocenters.